The maximum absolute atomic E-state index is 11.4. The van der Waals surface area contributed by atoms with E-state index in [1.165, 1.54) is 0 Å². The summed E-state index contributed by atoms with van der Waals surface area (Å²) in [6.07, 6.45) is -0.604. The molecule has 0 heterocycles. The minimum atomic E-state index is -0.590. The number of nitrogens with zero attached hydrogens (tertiary/aromatic N) is 2. The molecule has 0 aliphatic rings. The van der Waals surface area contributed by atoms with Crippen LogP contribution in [0.3, 0.4) is 0 Å². The van der Waals surface area contributed by atoms with Gasteiger partial charge in [-0.25, -0.2) is 0 Å². The number of benzene rings is 2. The lowest BCUT2D eigenvalue weighted by Crippen LogP contribution is -2.06. The number of carbonyl (C=O) groups excluding carboxylic acids is 2. The molecule has 2 rings (SSSR count). The Morgan fingerprint density at radius 1 is 0.833 bits per heavy atom. The van der Waals surface area contributed by atoms with Crippen molar-refractivity contribution >= 4 is 22.7 Å². The topological polar surface area (TPSA) is 100 Å². The summed E-state index contributed by atoms with van der Waals surface area (Å²) in [6.45, 7) is 0.0576. The number of hydrogen-bond acceptors (Lipinski definition) is 6. The molecule has 6 heteroatoms. The fourth-order valence-corrected chi connectivity index (χ4v) is 2.29. The summed E-state index contributed by atoms with van der Waals surface area (Å²) in [4.78, 5) is 22.8. The summed E-state index contributed by atoms with van der Waals surface area (Å²) in [6, 6.07) is 14.6. The summed E-state index contributed by atoms with van der Waals surface area (Å²) in [7, 11) is 0. The van der Waals surface area contributed by atoms with E-state index in [1.54, 1.807) is 12.1 Å². The summed E-state index contributed by atoms with van der Waals surface area (Å²) in [5.41, 5.74) is 1.51. The number of esters is 2. The number of nitriles is 2. The van der Waals surface area contributed by atoms with Gasteiger partial charge in [0.25, 0.3) is 0 Å². The highest BCUT2D eigenvalue weighted by molar-refractivity contribution is 5.89. The highest BCUT2D eigenvalue weighted by Crippen LogP contribution is 2.24. The summed E-state index contributed by atoms with van der Waals surface area (Å²) in [5, 5.41) is 18.7. The van der Waals surface area contributed by atoms with Crippen molar-refractivity contribution < 1.29 is 19.1 Å². The molecule has 0 fully saturated rings. The molecule has 2 aromatic carbocycles. The van der Waals surface area contributed by atoms with Gasteiger partial charge in [-0.15, -0.1) is 0 Å². The maximum atomic E-state index is 11.4. The van der Waals surface area contributed by atoms with Gasteiger partial charge in [0.15, 0.2) is 0 Å². The fraction of sp³-hybridized carbons (Fsp3) is 0.222. The highest BCUT2D eigenvalue weighted by Gasteiger charge is 2.11. The molecule has 0 atom stereocenters. The lowest BCUT2D eigenvalue weighted by molar-refractivity contribution is -0.144. The average molecular weight is 322 g/mol. The smallest absolute Gasteiger partial charge is 0.320 e. The number of rotatable bonds is 6. The minimum Gasteiger partial charge on any atom is -0.460 e. The van der Waals surface area contributed by atoms with Gasteiger partial charge in [0.2, 0.25) is 0 Å². The fourth-order valence-electron chi connectivity index (χ4n) is 2.29. The quantitative estimate of drug-likeness (QED) is 0.758. The Bertz CT molecular complexity index is 779. The minimum absolute atomic E-state index is 0.0288. The molecule has 0 spiro atoms. The maximum Gasteiger partial charge on any atom is 0.320 e. The van der Waals surface area contributed by atoms with Crippen molar-refractivity contribution in [2.45, 2.75) is 26.1 Å². The van der Waals surface area contributed by atoms with Gasteiger partial charge < -0.3 is 9.47 Å². The number of hydrogen-bond donors (Lipinski definition) is 0. The molecule has 6 nitrogen and oxygen atoms in total. The molecule has 0 aliphatic carbocycles. The van der Waals surface area contributed by atoms with Crippen molar-refractivity contribution in [3.8, 4) is 12.1 Å². The molecule has 0 bridgehead atoms. The Kier molecular flexibility index (Phi) is 5.88. The van der Waals surface area contributed by atoms with Crippen LogP contribution in [0.5, 0.6) is 0 Å². The van der Waals surface area contributed by atoms with E-state index in [1.807, 2.05) is 36.4 Å². The van der Waals surface area contributed by atoms with Crippen LogP contribution >= 0.6 is 0 Å². The molecule has 0 saturated heterocycles. The first-order chi connectivity index (χ1) is 11.7. The van der Waals surface area contributed by atoms with E-state index in [9.17, 15) is 9.59 Å². The van der Waals surface area contributed by atoms with Crippen molar-refractivity contribution in [1.82, 2.24) is 0 Å². The van der Waals surface area contributed by atoms with Gasteiger partial charge in [-0.1, -0.05) is 36.4 Å². The average Bonchev–Trinajstić information content (AvgIpc) is 2.58. The second kappa shape index (κ2) is 8.30. The van der Waals surface area contributed by atoms with Crippen molar-refractivity contribution in [3.63, 3.8) is 0 Å². The largest absolute Gasteiger partial charge is 0.460 e. The van der Waals surface area contributed by atoms with Gasteiger partial charge in [0, 0.05) is 0 Å². The summed E-state index contributed by atoms with van der Waals surface area (Å²) >= 11 is 0. The van der Waals surface area contributed by atoms with Crippen molar-refractivity contribution in [3.05, 3.63) is 47.5 Å². The van der Waals surface area contributed by atoms with Crippen LogP contribution in [0.25, 0.3) is 10.8 Å². The van der Waals surface area contributed by atoms with Gasteiger partial charge in [-0.05, 0) is 21.9 Å². The van der Waals surface area contributed by atoms with Gasteiger partial charge in [-0.2, -0.15) is 10.5 Å². The van der Waals surface area contributed by atoms with Crippen LogP contribution in [0.4, 0.5) is 0 Å². The van der Waals surface area contributed by atoms with Crippen molar-refractivity contribution in [1.29, 1.82) is 10.5 Å². The Labute approximate surface area is 138 Å². The van der Waals surface area contributed by atoms with E-state index in [4.69, 9.17) is 20.0 Å². The van der Waals surface area contributed by atoms with Crippen LogP contribution in [0.15, 0.2) is 36.4 Å². The third-order valence-electron chi connectivity index (χ3n) is 3.30. The zero-order chi connectivity index (χ0) is 17.4. The summed E-state index contributed by atoms with van der Waals surface area (Å²) < 4.78 is 10.2. The second-order valence-corrected chi connectivity index (χ2v) is 4.92. The third-order valence-corrected chi connectivity index (χ3v) is 3.30. The zero-order valence-corrected chi connectivity index (χ0v) is 12.8. The van der Waals surface area contributed by atoms with Crippen LogP contribution in [0.1, 0.15) is 24.0 Å². The lowest BCUT2D eigenvalue weighted by atomic mass is 10.00. The van der Waals surface area contributed by atoms with Crippen molar-refractivity contribution in [2.24, 2.45) is 0 Å². The first-order valence-electron chi connectivity index (χ1n) is 7.20. The van der Waals surface area contributed by atoms with Gasteiger partial charge in [-0.3, -0.25) is 9.59 Å². The van der Waals surface area contributed by atoms with Crippen LogP contribution < -0.4 is 0 Å². The second-order valence-electron chi connectivity index (χ2n) is 4.92. The predicted molar refractivity (Wildman–Crippen MR) is 84.0 cm³/mol. The van der Waals surface area contributed by atoms with E-state index < -0.39 is 11.9 Å². The van der Waals surface area contributed by atoms with E-state index in [0.717, 1.165) is 21.9 Å². The standard InChI is InChI=1S/C18H14N2O4/c19-9-7-16(21)23-11-14-5-1-3-13-4-2-6-15(18(13)14)12-24-17(22)8-10-20/h1-6H,7-8,11-12H2. The molecule has 0 saturated carbocycles. The Morgan fingerprint density at radius 3 is 1.71 bits per heavy atom. The number of fused-ring (bicyclic) bond motifs is 1. The molecule has 0 aliphatic heterocycles. The highest BCUT2D eigenvalue weighted by atomic mass is 16.5. The van der Waals surface area contributed by atoms with Crippen LogP contribution in [-0.4, -0.2) is 11.9 Å². The molecule has 120 valence electrons. The molecule has 24 heavy (non-hydrogen) atoms. The molecular formula is C18H14N2O4. The Balaban J connectivity index is 2.25. The first kappa shape index (κ1) is 17.0. The normalized spacial score (nSPS) is 9.75. The number of carbonyl (C=O) groups is 2. The van der Waals surface area contributed by atoms with Crippen LogP contribution in [0, 0.1) is 22.7 Å². The first-order valence-corrected chi connectivity index (χ1v) is 7.20. The van der Waals surface area contributed by atoms with E-state index in [2.05, 4.69) is 0 Å². The molecule has 0 amide bonds. The predicted octanol–water partition coefficient (Wildman–Crippen LogP) is 2.75. The van der Waals surface area contributed by atoms with Gasteiger partial charge in [0.1, 0.15) is 26.1 Å². The van der Waals surface area contributed by atoms with Crippen LogP contribution in [-0.2, 0) is 32.3 Å². The molecule has 0 unspecified atom stereocenters. The van der Waals surface area contributed by atoms with Gasteiger partial charge >= 0.3 is 11.9 Å². The monoisotopic (exact) mass is 322 g/mol. The molecular weight excluding hydrogens is 308 g/mol. The number of ether oxygens (including phenoxy) is 2. The van der Waals surface area contributed by atoms with Crippen LogP contribution in [0.2, 0.25) is 0 Å². The molecule has 0 aromatic heterocycles. The van der Waals surface area contributed by atoms with E-state index in [0.29, 0.717) is 0 Å². The van der Waals surface area contributed by atoms with E-state index in [-0.39, 0.29) is 26.1 Å². The van der Waals surface area contributed by atoms with Gasteiger partial charge in [0.05, 0.1) is 12.1 Å². The van der Waals surface area contributed by atoms with E-state index >= 15 is 0 Å². The molecule has 0 radical (unpaired) electrons. The third kappa shape index (κ3) is 4.31. The zero-order valence-electron chi connectivity index (χ0n) is 12.8. The Hall–Kier alpha value is -3.38. The lowest BCUT2D eigenvalue weighted by Gasteiger charge is -2.12. The molecule has 0 N–H and O–H groups in total. The molecule has 2 aromatic rings. The summed E-state index contributed by atoms with van der Waals surface area (Å²) in [5.74, 6) is -1.18. The SMILES string of the molecule is N#CCC(=O)OCc1cccc2cccc(COC(=O)CC#N)c12. The van der Waals surface area contributed by atoms with Crippen molar-refractivity contribution in [2.75, 3.05) is 0 Å². The Morgan fingerprint density at radius 2 is 1.29 bits per heavy atom.